The largest absolute Gasteiger partial charge is 0.493 e. The molecule has 1 aromatic rings. The summed E-state index contributed by atoms with van der Waals surface area (Å²) in [7, 11) is 0. The molecule has 0 aromatic heterocycles. The molecule has 4 heteroatoms. The molecule has 1 aromatic carbocycles. The fraction of sp³-hybridized carbons (Fsp3) is 0.400. The van der Waals surface area contributed by atoms with Gasteiger partial charge < -0.3 is 15.4 Å². The van der Waals surface area contributed by atoms with E-state index >= 15 is 0 Å². The van der Waals surface area contributed by atoms with E-state index in [9.17, 15) is 4.79 Å². The highest BCUT2D eigenvalue weighted by Gasteiger charge is 2.07. The van der Waals surface area contributed by atoms with Gasteiger partial charge in [-0.2, -0.15) is 0 Å². The molecule has 19 heavy (non-hydrogen) atoms. The van der Waals surface area contributed by atoms with E-state index in [0.29, 0.717) is 6.61 Å². The van der Waals surface area contributed by atoms with Crippen LogP contribution in [0.4, 0.5) is 5.69 Å². The summed E-state index contributed by atoms with van der Waals surface area (Å²) in [5.74, 6) is 0.305. The molecule has 0 unspecified atom stereocenters. The van der Waals surface area contributed by atoms with Crippen molar-refractivity contribution in [2.24, 2.45) is 5.73 Å². The molecule has 0 atom stereocenters. The Balaban J connectivity index is 3.09. The molecule has 0 saturated carbocycles. The lowest BCUT2D eigenvalue weighted by molar-refractivity contribution is -0.113. The van der Waals surface area contributed by atoms with Crippen LogP contribution in [0.1, 0.15) is 26.3 Å². The number of carbonyl (C=O) groups excluding carboxylic acids is 1. The third-order valence-corrected chi connectivity index (χ3v) is 2.85. The van der Waals surface area contributed by atoms with E-state index in [1.807, 2.05) is 25.1 Å². The van der Waals surface area contributed by atoms with Crippen molar-refractivity contribution in [1.29, 1.82) is 0 Å². The molecule has 1 rings (SSSR count). The Kier molecular flexibility index (Phi) is 5.93. The lowest BCUT2D eigenvalue weighted by atomic mass is 10.1. The van der Waals surface area contributed by atoms with Gasteiger partial charge in [-0.25, -0.2) is 0 Å². The number of amides is 1. The summed E-state index contributed by atoms with van der Waals surface area (Å²) in [6, 6.07) is 5.96. The van der Waals surface area contributed by atoms with E-state index in [2.05, 4.69) is 18.7 Å². The Bertz CT molecular complexity index is 451. The predicted molar refractivity (Wildman–Crippen MR) is 79.4 cm³/mol. The zero-order chi connectivity index (χ0) is 14.3. The van der Waals surface area contributed by atoms with Crippen LogP contribution in [0.15, 0.2) is 24.3 Å². The van der Waals surface area contributed by atoms with Gasteiger partial charge >= 0.3 is 0 Å². The summed E-state index contributed by atoms with van der Waals surface area (Å²) < 4.78 is 5.62. The molecular weight excluding hydrogens is 240 g/mol. The number of nitrogens with zero attached hydrogens (tertiary/aromatic N) is 1. The highest BCUT2D eigenvalue weighted by molar-refractivity contribution is 5.90. The molecule has 0 radical (unpaired) electrons. The van der Waals surface area contributed by atoms with Crippen molar-refractivity contribution in [1.82, 2.24) is 0 Å². The van der Waals surface area contributed by atoms with Crippen LogP contribution in [-0.4, -0.2) is 25.6 Å². The third-order valence-electron chi connectivity index (χ3n) is 2.85. The minimum atomic E-state index is -0.463. The summed E-state index contributed by atoms with van der Waals surface area (Å²) in [5.41, 5.74) is 7.08. The first-order valence-electron chi connectivity index (χ1n) is 6.61. The highest BCUT2D eigenvalue weighted by Crippen LogP contribution is 2.27. The van der Waals surface area contributed by atoms with Crippen molar-refractivity contribution in [2.45, 2.75) is 20.8 Å². The Morgan fingerprint density at radius 3 is 2.53 bits per heavy atom. The molecule has 0 fully saturated rings. The van der Waals surface area contributed by atoms with Gasteiger partial charge in [-0.1, -0.05) is 0 Å². The zero-order valence-corrected chi connectivity index (χ0v) is 11.8. The van der Waals surface area contributed by atoms with Crippen LogP contribution >= 0.6 is 0 Å². The minimum absolute atomic E-state index is 0.463. The number of carbonyl (C=O) groups is 1. The number of primary amides is 1. The van der Waals surface area contributed by atoms with Crippen molar-refractivity contribution in [3.05, 3.63) is 29.8 Å². The number of anilines is 1. The van der Waals surface area contributed by atoms with Gasteiger partial charge in [0.25, 0.3) is 0 Å². The molecule has 0 aliphatic rings. The maximum absolute atomic E-state index is 10.8. The highest BCUT2D eigenvalue weighted by atomic mass is 16.5. The fourth-order valence-electron chi connectivity index (χ4n) is 1.90. The van der Waals surface area contributed by atoms with Crippen LogP contribution in [0, 0.1) is 0 Å². The first-order chi connectivity index (χ1) is 9.12. The monoisotopic (exact) mass is 262 g/mol. The molecule has 0 saturated heterocycles. The topological polar surface area (TPSA) is 55.6 Å². The number of hydrogen-bond donors (Lipinski definition) is 1. The molecule has 4 nitrogen and oxygen atoms in total. The maximum atomic E-state index is 10.8. The van der Waals surface area contributed by atoms with Crippen molar-refractivity contribution in [3.8, 4) is 5.75 Å². The van der Waals surface area contributed by atoms with Crippen LogP contribution < -0.4 is 15.4 Å². The summed E-state index contributed by atoms with van der Waals surface area (Å²) in [6.07, 6.45) is 3.02. The lowest BCUT2D eigenvalue weighted by Gasteiger charge is -2.22. The molecule has 0 spiro atoms. The summed E-state index contributed by atoms with van der Waals surface area (Å²) >= 11 is 0. The van der Waals surface area contributed by atoms with Crippen LogP contribution in [0.5, 0.6) is 5.75 Å². The number of nitrogens with two attached hydrogens (primary N) is 1. The van der Waals surface area contributed by atoms with Gasteiger partial charge in [0.2, 0.25) is 5.91 Å². The molecule has 2 N–H and O–H groups in total. The van der Waals surface area contributed by atoms with Crippen molar-refractivity contribution >= 4 is 17.7 Å². The quantitative estimate of drug-likeness (QED) is 0.768. The lowest BCUT2D eigenvalue weighted by Crippen LogP contribution is -2.21. The molecule has 104 valence electrons. The predicted octanol–water partition coefficient (Wildman–Crippen LogP) is 2.43. The van der Waals surface area contributed by atoms with E-state index in [1.54, 1.807) is 6.08 Å². The Morgan fingerprint density at radius 1 is 1.32 bits per heavy atom. The summed E-state index contributed by atoms with van der Waals surface area (Å²) in [6.45, 7) is 8.64. The normalized spacial score (nSPS) is 10.7. The van der Waals surface area contributed by atoms with Gasteiger partial charge in [0, 0.05) is 36.5 Å². The minimum Gasteiger partial charge on any atom is -0.493 e. The number of benzene rings is 1. The van der Waals surface area contributed by atoms with Gasteiger partial charge in [-0.15, -0.1) is 0 Å². The first-order valence-corrected chi connectivity index (χ1v) is 6.61. The Hall–Kier alpha value is -1.97. The average molecular weight is 262 g/mol. The molecule has 1 amide bonds. The number of hydrogen-bond acceptors (Lipinski definition) is 3. The Morgan fingerprint density at radius 2 is 2.00 bits per heavy atom. The van der Waals surface area contributed by atoms with Gasteiger partial charge in [-0.05, 0) is 39.0 Å². The molecule has 0 aliphatic carbocycles. The second-order valence-corrected chi connectivity index (χ2v) is 4.06. The summed E-state index contributed by atoms with van der Waals surface area (Å²) in [5, 5.41) is 0. The second kappa shape index (κ2) is 7.46. The first kappa shape index (κ1) is 15.1. The van der Waals surface area contributed by atoms with Gasteiger partial charge in [0.1, 0.15) is 5.75 Å². The van der Waals surface area contributed by atoms with E-state index in [-0.39, 0.29) is 0 Å². The molecule has 0 aliphatic heterocycles. The van der Waals surface area contributed by atoms with Crippen LogP contribution in [0.2, 0.25) is 0 Å². The maximum Gasteiger partial charge on any atom is 0.241 e. The average Bonchev–Trinajstić information content (AvgIpc) is 2.39. The van der Waals surface area contributed by atoms with Gasteiger partial charge in [0.15, 0.2) is 0 Å². The molecule has 0 bridgehead atoms. The molecule has 0 heterocycles. The van der Waals surface area contributed by atoms with Crippen molar-refractivity contribution < 1.29 is 9.53 Å². The van der Waals surface area contributed by atoms with E-state index in [4.69, 9.17) is 10.5 Å². The number of rotatable bonds is 7. The SMILES string of the molecule is CCOc1cc(N(CC)CC)ccc1/C=C\C(N)=O. The number of ether oxygens (including phenoxy) is 1. The third kappa shape index (κ3) is 4.32. The zero-order valence-electron chi connectivity index (χ0n) is 11.8. The molecular formula is C15H22N2O2. The van der Waals surface area contributed by atoms with Crippen molar-refractivity contribution in [3.63, 3.8) is 0 Å². The smallest absolute Gasteiger partial charge is 0.241 e. The summed E-state index contributed by atoms with van der Waals surface area (Å²) in [4.78, 5) is 13.0. The second-order valence-electron chi connectivity index (χ2n) is 4.06. The van der Waals surface area contributed by atoms with E-state index in [1.165, 1.54) is 6.08 Å². The standard InChI is InChI=1S/C15H22N2O2/c1-4-17(5-2)13-9-7-12(8-10-15(16)18)14(11-13)19-6-3/h7-11H,4-6H2,1-3H3,(H2,16,18)/b10-8-. The van der Waals surface area contributed by atoms with Gasteiger partial charge in [-0.3, -0.25) is 4.79 Å². The van der Waals surface area contributed by atoms with Crippen molar-refractivity contribution in [2.75, 3.05) is 24.6 Å². The van der Waals surface area contributed by atoms with E-state index in [0.717, 1.165) is 30.1 Å². The van der Waals surface area contributed by atoms with Crippen LogP contribution in [-0.2, 0) is 4.79 Å². The Labute approximate surface area is 114 Å². The van der Waals surface area contributed by atoms with E-state index < -0.39 is 5.91 Å². The van der Waals surface area contributed by atoms with Crippen LogP contribution in [0.25, 0.3) is 6.08 Å². The van der Waals surface area contributed by atoms with Crippen LogP contribution in [0.3, 0.4) is 0 Å². The fourth-order valence-corrected chi connectivity index (χ4v) is 1.90. The van der Waals surface area contributed by atoms with Gasteiger partial charge in [0.05, 0.1) is 6.61 Å².